The van der Waals surface area contributed by atoms with Crippen molar-refractivity contribution in [3.05, 3.63) is 24.3 Å². The molecule has 1 aromatic carbocycles. The Morgan fingerprint density at radius 3 is 2.88 bits per heavy atom. The normalized spacial score (nSPS) is 18.9. The molecule has 0 bridgehead atoms. The number of rotatable bonds is 3. The van der Waals surface area contributed by atoms with E-state index in [4.69, 9.17) is 10.5 Å². The van der Waals surface area contributed by atoms with Crippen LogP contribution in [-0.2, 0) is 0 Å². The number of nitrogens with zero attached hydrogens (tertiary/aromatic N) is 1. The van der Waals surface area contributed by atoms with E-state index in [1.165, 1.54) is 5.69 Å². The topological polar surface area (TPSA) is 38.5 Å². The number of hydrogen-bond donors (Lipinski definition) is 1. The minimum Gasteiger partial charge on any atom is -0.491 e. The second-order valence-corrected chi connectivity index (χ2v) is 4.95. The van der Waals surface area contributed by atoms with Gasteiger partial charge in [0.05, 0.1) is 12.3 Å². The summed E-state index contributed by atoms with van der Waals surface area (Å²) in [6.45, 7) is 7.14. The Bertz CT molecular complexity index is 365. The Labute approximate surface area is 104 Å². The fraction of sp³-hybridized carbons (Fsp3) is 0.571. The van der Waals surface area contributed by atoms with Crippen LogP contribution in [0.5, 0.6) is 5.75 Å². The van der Waals surface area contributed by atoms with Gasteiger partial charge in [0.1, 0.15) is 5.75 Å². The van der Waals surface area contributed by atoms with Crippen molar-refractivity contribution in [2.75, 3.05) is 24.6 Å². The molecule has 2 atom stereocenters. The van der Waals surface area contributed by atoms with Crippen LogP contribution in [0.3, 0.4) is 0 Å². The Balaban J connectivity index is 2.17. The minimum atomic E-state index is 0.228. The van der Waals surface area contributed by atoms with Gasteiger partial charge in [-0.15, -0.1) is 0 Å². The van der Waals surface area contributed by atoms with Gasteiger partial charge in [0.25, 0.3) is 0 Å². The number of fused-ring (bicyclic) bond motifs is 1. The van der Waals surface area contributed by atoms with E-state index < -0.39 is 0 Å². The first kappa shape index (κ1) is 12.2. The Morgan fingerprint density at radius 2 is 2.12 bits per heavy atom. The largest absolute Gasteiger partial charge is 0.491 e. The Hall–Kier alpha value is -1.22. The first-order valence-electron chi connectivity index (χ1n) is 6.41. The van der Waals surface area contributed by atoms with Crippen LogP contribution in [0.15, 0.2) is 24.3 Å². The van der Waals surface area contributed by atoms with E-state index in [9.17, 15) is 0 Å². The van der Waals surface area contributed by atoms with Crippen LogP contribution in [0.25, 0.3) is 0 Å². The highest BCUT2D eigenvalue weighted by Gasteiger charge is 2.19. The third-order valence-corrected chi connectivity index (χ3v) is 3.44. The van der Waals surface area contributed by atoms with Crippen molar-refractivity contribution in [3.63, 3.8) is 0 Å². The predicted octanol–water partition coefficient (Wildman–Crippen LogP) is 2.26. The monoisotopic (exact) mass is 234 g/mol. The van der Waals surface area contributed by atoms with Gasteiger partial charge in [0.15, 0.2) is 0 Å². The maximum absolute atomic E-state index is 5.95. The fourth-order valence-corrected chi connectivity index (χ4v) is 2.10. The summed E-state index contributed by atoms with van der Waals surface area (Å²) in [6.07, 6.45) is 1.07. The highest BCUT2D eigenvalue weighted by atomic mass is 16.5. The van der Waals surface area contributed by atoms with Gasteiger partial charge >= 0.3 is 0 Å². The molecule has 17 heavy (non-hydrogen) atoms. The average molecular weight is 234 g/mol. The lowest BCUT2D eigenvalue weighted by atomic mass is 10.0. The Morgan fingerprint density at radius 1 is 1.35 bits per heavy atom. The maximum atomic E-state index is 5.95. The standard InChI is InChI=1S/C14H22N2O/c1-11(12(2)15)10-16-8-5-9-17-14-7-4-3-6-13(14)16/h3-4,6-7,11-12H,5,8-10,15H2,1-2H3. The van der Waals surface area contributed by atoms with Crippen LogP contribution in [0, 0.1) is 5.92 Å². The third-order valence-electron chi connectivity index (χ3n) is 3.44. The molecule has 0 saturated carbocycles. The second-order valence-electron chi connectivity index (χ2n) is 4.95. The van der Waals surface area contributed by atoms with E-state index in [0.29, 0.717) is 5.92 Å². The van der Waals surface area contributed by atoms with Crippen LogP contribution in [0.2, 0.25) is 0 Å². The summed E-state index contributed by atoms with van der Waals surface area (Å²) in [4.78, 5) is 2.40. The summed E-state index contributed by atoms with van der Waals surface area (Å²) in [5, 5.41) is 0. The van der Waals surface area contributed by atoms with Crippen molar-refractivity contribution in [2.45, 2.75) is 26.3 Å². The lowest BCUT2D eigenvalue weighted by Gasteiger charge is -2.28. The highest BCUT2D eigenvalue weighted by molar-refractivity contribution is 5.58. The average Bonchev–Trinajstić information content (AvgIpc) is 2.52. The summed E-state index contributed by atoms with van der Waals surface area (Å²) in [7, 11) is 0. The van der Waals surface area contributed by atoms with Crippen molar-refractivity contribution in [3.8, 4) is 5.75 Å². The van der Waals surface area contributed by atoms with E-state index in [0.717, 1.165) is 31.9 Å². The van der Waals surface area contributed by atoms with E-state index in [1.807, 2.05) is 12.1 Å². The summed E-state index contributed by atoms with van der Waals surface area (Å²) in [5.74, 6) is 1.49. The molecule has 1 heterocycles. The lowest BCUT2D eigenvalue weighted by Crippen LogP contribution is -2.36. The summed E-state index contributed by atoms with van der Waals surface area (Å²) >= 11 is 0. The molecule has 1 aliphatic heterocycles. The van der Waals surface area contributed by atoms with Gasteiger partial charge in [0.2, 0.25) is 0 Å². The zero-order valence-electron chi connectivity index (χ0n) is 10.7. The van der Waals surface area contributed by atoms with Crippen LogP contribution >= 0.6 is 0 Å². The molecule has 0 aliphatic carbocycles. The van der Waals surface area contributed by atoms with E-state index in [1.54, 1.807) is 0 Å². The first-order chi connectivity index (χ1) is 8.18. The molecule has 0 spiro atoms. The van der Waals surface area contributed by atoms with Gasteiger partial charge in [0, 0.05) is 19.1 Å². The van der Waals surface area contributed by atoms with Crippen LogP contribution in [-0.4, -0.2) is 25.7 Å². The molecule has 0 fully saturated rings. The maximum Gasteiger partial charge on any atom is 0.142 e. The molecule has 1 aliphatic rings. The van der Waals surface area contributed by atoms with Gasteiger partial charge in [-0.05, 0) is 31.4 Å². The molecule has 0 aromatic heterocycles. The number of anilines is 1. The van der Waals surface area contributed by atoms with E-state index in [-0.39, 0.29) is 6.04 Å². The van der Waals surface area contributed by atoms with Crippen LogP contribution in [0.1, 0.15) is 20.3 Å². The summed E-state index contributed by atoms with van der Waals surface area (Å²) < 4.78 is 5.75. The molecule has 0 radical (unpaired) electrons. The van der Waals surface area contributed by atoms with E-state index >= 15 is 0 Å². The number of para-hydroxylation sites is 2. The van der Waals surface area contributed by atoms with Gasteiger partial charge in [-0.25, -0.2) is 0 Å². The van der Waals surface area contributed by atoms with Crippen molar-refractivity contribution in [1.29, 1.82) is 0 Å². The number of hydrogen-bond acceptors (Lipinski definition) is 3. The summed E-state index contributed by atoms with van der Waals surface area (Å²) in [5.41, 5.74) is 7.16. The predicted molar refractivity (Wildman–Crippen MR) is 71.6 cm³/mol. The number of benzene rings is 1. The smallest absolute Gasteiger partial charge is 0.142 e. The molecule has 94 valence electrons. The zero-order chi connectivity index (χ0) is 12.3. The lowest BCUT2D eigenvalue weighted by molar-refractivity contribution is 0.322. The SMILES string of the molecule is CC(N)C(C)CN1CCCOc2ccccc21. The van der Waals surface area contributed by atoms with Crippen molar-refractivity contribution in [1.82, 2.24) is 0 Å². The highest BCUT2D eigenvalue weighted by Crippen LogP contribution is 2.31. The zero-order valence-corrected chi connectivity index (χ0v) is 10.7. The number of ether oxygens (including phenoxy) is 1. The molecule has 2 rings (SSSR count). The van der Waals surface area contributed by atoms with Crippen molar-refractivity contribution >= 4 is 5.69 Å². The van der Waals surface area contributed by atoms with E-state index in [2.05, 4.69) is 30.9 Å². The molecule has 0 saturated heterocycles. The van der Waals surface area contributed by atoms with Crippen molar-refractivity contribution in [2.24, 2.45) is 11.7 Å². The fourth-order valence-electron chi connectivity index (χ4n) is 2.10. The minimum absolute atomic E-state index is 0.228. The van der Waals surface area contributed by atoms with Gasteiger partial charge in [-0.1, -0.05) is 19.1 Å². The molecular weight excluding hydrogens is 212 g/mol. The molecule has 2 N–H and O–H groups in total. The quantitative estimate of drug-likeness (QED) is 0.872. The second kappa shape index (κ2) is 5.41. The number of nitrogens with two attached hydrogens (primary N) is 1. The van der Waals surface area contributed by atoms with Gasteiger partial charge in [-0.2, -0.15) is 0 Å². The van der Waals surface area contributed by atoms with Gasteiger partial charge < -0.3 is 15.4 Å². The molecule has 1 aromatic rings. The van der Waals surface area contributed by atoms with Crippen LogP contribution in [0.4, 0.5) is 5.69 Å². The molecule has 3 nitrogen and oxygen atoms in total. The molecule has 3 heteroatoms. The summed E-state index contributed by atoms with van der Waals surface area (Å²) in [6, 6.07) is 8.50. The van der Waals surface area contributed by atoms with Crippen molar-refractivity contribution < 1.29 is 4.74 Å². The molecular formula is C14H22N2O. The molecule has 0 amide bonds. The first-order valence-corrected chi connectivity index (χ1v) is 6.41. The van der Waals surface area contributed by atoms with Gasteiger partial charge in [-0.3, -0.25) is 0 Å². The third kappa shape index (κ3) is 2.91. The molecule has 2 unspecified atom stereocenters. The van der Waals surface area contributed by atoms with Crippen LogP contribution < -0.4 is 15.4 Å². The Kier molecular flexibility index (Phi) is 3.89.